The minimum absolute atomic E-state index is 0.229. The Morgan fingerprint density at radius 1 is 1.20 bits per heavy atom. The lowest BCUT2D eigenvalue weighted by Crippen LogP contribution is -2.38. The Hall–Kier alpha value is -3.19. The van der Waals surface area contributed by atoms with Crippen LogP contribution < -0.4 is 15.6 Å². The van der Waals surface area contributed by atoms with Crippen LogP contribution in [0.1, 0.15) is 30.6 Å². The van der Waals surface area contributed by atoms with Gasteiger partial charge in [-0.15, -0.1) is 11.3 Å². The van der Waals surface area contributed by atoms with Crippen molar-refractivity contribution in [1.82, 2.24) is 15.1 Å². The first-order valence-electron chi connectivity index (χ1n) is 9.85. The molecule has 0 aliphatic heterocycles. The van der Waals surface area contributed by atoms with Gasteiger partial charge < -0.3 is 10.1 Å². The van der Waals surface area contributed by atoms with Crippen molar-refractivity contribution in [1.29, 1.82) is 0 Å². The molecule has 1 amide bonds. The van der Waals surface area contributed by atoms with E-state index in [4.69, 9.17) is 4.74 Å². The smallest absolute Gasteiger partial charge is 0.276 e. The van der Waals surface area contributed by atoms with E-state index in [1.54, 1.807) is 18.4 Å². The molecule has 6 nitrogen and oxygen atoms in total. The molecule has 0 unspecified atom stereocenters. The molecule has 0 fully saturated rings. The highest BCUT2D eigenvalue weighted by Crippen LogP contribution is 2.33. The third kappa shape index (κ3) is 3.45. The molecule has 4 aromatic rings. The lowest BCUT2D eigenvalue weighted by Gasteiger charge is -2.18. The van der Waals surface area contributed by atoms with Crippen LogP contribution in [0.3, 0.4) is 0 Å². The molecule has 0 aliphatic carbocycles. The first kappa shape index (κ1) is 20.1. The average Bonchev–Trinajstić information content (AvgIpc) is 3.17. The summed E-state index contributed by atoms with van der Waals surface area (Å²) in [5.41, 5.74) is 1.40. The molecule has 30 heavy (non-hydrogen) atoms. The van der Waals surface area contributed by atoms with Gasteiger partial charge >= 0.3 is 0 Å². The summed E-state index contributed by atoms with van der Waals surface area (Å²) in [6.07, 6.45) is 0.456. The lowest BCUT2D eigenvalue weighted by molar-refractivity contribution is -0.125. The van der Waals surface area contributed by atoms with E-state index in [0.717, 1.165) is 26.0 Å². The van der Waals surface area contributed by atoms with E-state index in [9.17, 15) is 9.59 Å². The molecule has 0 saturated carbocycles. The SMILES string of the molecule is CC[C@H](C(=O)NCc1ccccc1OC)n1nc(C)c2sc3ccccc3c2c1=O. The van der Waals surface area contributed by atoms with Crippen LogP contribution in [0.2, 0.25) is 0 Å². The van der Waals surface area contributed by atoms with Gasteiger partial charge in [0.15, 0.2) is 0 Å². The van der Waals surface area contributed by atoms with Crippen molar-refractivity contribution in [2.45, 2.75) is 32.9 Å². The molecule has 1 atom stereocenters. The number of nitrogens with one attached hydrogen (secondary N) is 1. The number of aromatic nitrogens is 2. The molecule has 0 aliphatic rings. The minimum atomic E-state index is -0.686. The number of benzene rings is 2. The Bertz CT molecular complexity index is 1290. The number of nitrogens with zero attached hydrogens (tertiary/aromatic N) is 2. The van der Waals surface area contributed by atoms with Gasteiger partial charge in [0.05, 0.1) is 22.9 Å². The van der Waals surface area contributed by atoms with Crippen LogP contribution in [-0.2, 0) is 11.3 Å². The van der Waals surface area contributed by atoms with Crippen LogP contribution in [0, 0.1) is 6.92 Å². The van der Waals surface area contributed by atoms with E-state index >= 15 is 0 Å². The second-order valence-corrected chi connectivity index (χ2v) is 8.14. The molecular formula is C23H23N3O3S. The molecule has 0 saturated heterocycles. The van der Waals surface area contributed by atoms with E-state index in [1.807, 2.05) is 62.4 Å². The highest BCUT2D eigenvalue weighted by Gasteiger charge is 2.24. The van der Waals surface area contributed by atoms with Gasteiger partial charge in [-0.25, -0.2) is 4.68 Å². The van der Waals surface area contributed by atoms with Gasteiger partial charge in [-0.1, -0.05) is 43.3 Å². The number of thiophene rings is 1. The lowest BCUT2D eigenvalue weighted by atomic mass is 10.1. The van der Waals surface area contributed by atoms with Crippen LogP contribution >= 0.6 is 11.3 Å². The fraction of sp³-hybridized carbons (Fsp3) is 0.261. The molecule has 1 N–H and O–H groups in total. The summed E-state index contributed by atoms with van der Waals surface area (Å²) in [5, 5.41) is 8.99. The van der Waals surface area contributed by atoms with Crippen molar-refractivity contribution in [3.63, 3.8) is 0 Å². The number of carbonyl (C=O) groups is 1. The number of methoxy groups -OCH3 is 1. The first-order valence-corrected chi connectivity index (χ1v) is 10.7. The van der Waals surface area contributed by atoms with Gasteiger partial charge in [0.25, 0.3) is 5.56 Å². The Morgan fingerprint density at radius 3 is 2.70 bits per heavy atom. The van der Waals surface area contributed by atoms with E-state index in [-0.39, 0.29) is 11.5 Å². The van der Waals surface area contributed by atoms with Crippen molar-refractivity contribution >= 4 is 37.4 Å². The van der Waals surface area contributed by atoms with Crippen LogP contribution in [-0.4, -0.2) is 22.8 Å². The number of aryl methyl sites for hydroxylation is 1. The van der Waals surface area contributed by atoms with Crippen molar-refractivity contribution in [3.05, 3.63) is 70.1 Å². The van der Waals surface area contributed by atoms with Crippen LogP contribution in [0.25, 0.3) is 20.2 Å². The topological polar surface area (TPSA) is 73.2 Å². The number of para-hydroxylation sites is 1. The van der Waals surface area contributed by atoms with Crippen molar-refractivity contribution in [2.24, 2.45) is 0 Å². The summed E-state index contributed by atoms with van der Waals surface area (Å²) in [7, 11) is 1.60. The monoisotopic (exact) mass is 421 g/mol. The fourth-order valence-electron chi connectivity index (χ4n) is 3.71. The fourth-order valence-corrected chi connectivity index (χ4v) is 4.84. The number of ether oxygens (including phenoxy) is 1. The number of hydrogen-bond acceptors (Lipinski definition) is 5. The molecule has 154 valence electrons. The standard InChI is InChI=1S/C23H23N3O3S/c1-4-17(22(27)24-13-15-9-5-7-11-18(15)29-3)26-23(28)20-16-10-6-8-12-19(16)30-21(20)14(2)25-26/h5-12,17H,4,13H2,1-3H3,(H,24,27)/t17-/m1/s1. The summed E-state index contributed by atoms with van der Waals surface area (Å²) >= 11 is 1.56. The predicted molar refractivity (Wildman–Crippen MR) is 120 cm³/mol. The second-order valence-electron chi connectivity index (χ2n) is 7.09. The molecule has 0 radical (unpaired) electrons. The number of rotatable bonds is 6. The first-order chi connectivity index (χ1) is 14.5. The van der Waals surface area contributed by atoms with Crippen molar-refractivity contribution in [3.8, 4) is 5.75 Å². The molecular weight excluding hydrogens is 398 g/mol. The number of amides is 1. The molecule has 2 aromatic heterocycles. The highest BCUT2D eigenvalue weighted by atomic mass is 32.1. The number of fused-ring (bicyclic) bond motifs is 3. The Morgan fingerprint density at radius 2 is 1.93 bits per heavy atom. The van der Waals surface area contributed by atoms with Gasteiger partial charge in [0.1, 0.15) is 11.8 Å². The Labute approximate surface area is 178 Å². The van der Waals surface area contributed by atoms with Crippen LogP contribution in [0.15, 0.2) is 53.3 Å². The zero-order valence-corrected chi connectivity index (χ0v) is 18.0. The maximum atomic E-state index is 13.3. The van der Waals surface area contributed by atoms with Gasteiger partial charge in [-0.2, -0.15) is 5.10 Å². The van der Waals surface area contributed by atoms with Crippen LogP contribution in [0.5, 0.6) is 5.75 Å². The highest BCUT2D eigenvalue weighted by molar-refractivity contribution is 7.26. The van der Waals surface area contributed by atoms with Gasteiger partial charge in [0, 0.05) is 22.2 Å². The number of hydrogen-bond donors (Lipinski definition) is 1. The normalized spacial score (nSPS) is 12.2. The van der Waals surface area contributed by atoms with Crippen LogP contribution in [0.4, 0.5) is 0 Å². The van der Waals surface area contributed by atoms with E-state index in [2.05, 4.69) is 10.4 Å². The Balaban J connectivity index is 1.70. The van der Waals surface area contributed by atoms with E-state index in [0.29, 0.717) is 24.1 Å². The minimum Gasteiger partial charge on any atom is -0.496 e. The summed E-state index contributed by atoms with van der Waals surface area (Å²) in [5.74, 6) is 0.472. The summed E-state index contributed by atoms with van der Waals surface area (Å²) in [4.78, 5) is 26.3. The largest absolute Gasteiger partial charge is 0.496 e. The number of carbonyl (C=O) groups excluding carboxylic acids is 1. The van der Waals surface area contributed by atoms with E-state index in [1.165, 1.54) is 4.68 Å². The molecule has 4 rings (SSSR count). The molecule has 0 spiro atoms. The van der Waals surface area contributed by atoms with Gasteiger partial charge in [0.2, 0.25) is 5.91 Å². The van der Waals surface area contributed by atoms with Crippen molar-refractivity contribution < 1.29 is 9.53 Å². The third-order valence-electron chi connectivity index (χ3n) is 5.23. The van der Waals surface area contributed by atoms with Gasteiger partial charge in [-0.05, 0) is 25.5 Å². The maximum Gasteiger partial charge on any atom is 0.276 e. The molecule has 7 heteroatoms. The van der Waals surface area contributed by atoms with E-state index < -0.39 is 6.04 Å². The molecule has 2 aromatic carbocycles. The second kappa shape index (κ2) is 8.28. The summed E-state index contributed by atoms with van der Waals surface area (Å²) in [6, 6.07) is 14.7. The zero-order valence-electron chi connectivity index (χ0n) is 17.1. The van der Waals surface area contributed by atoms with Crippen molar-refractivity contribution in [2.75, 3.05) is 7.11 Å². The quantitative estimate of drug-likeness (QED) is 0.507. The van der Waals surface area contributed by atoms with Gasteiger partial charge in [-0.3, -0.25) is 9.59 Å². The molecule has 0 bridgehead atoms. The summed E-state index contributed by atoms with van der Waals surface area (Å²) in [6.45, 7) is 4.08. The molecule has 2 heterocycles. The average molecular weight is 422 g/mol. The predicted octanol–water partition coefficient (Wildman–Crippen LogP) is 4.20. The zero-order chi connectivity index (χ0) is 21.3. The Kier molecular flexibility index (Phi) is 5.55. The summed E-state index contributed by atoms with van der Waals surface area (Å²) < 4.78 is 8.61. The third-order valence-corrected chi connectivity index (χ3v) is 6.51. The maximum absolute atomic E-state index is 13.3.